The van der Waals surface area contributed by atoms with Crippen LogP contribution >= 0.6 is 50.9 Å². The number of thioether (sulfide) groups is 1. The fourth-order valence-corrected chi connectivity index (χ4v) is 3.58. The molecule has 0 saturated heterocycles. The maximum atomic E-state index is 12.7. The van der Waals surface area contributed by atoms with Gasteiger partial charge < -0.3 is 10.6 Å². The first-order chi connectivity index (χ1) is 12.8. The first-order valence-electron chi connectivity index (χ1n) is 8.13. The van der Waals surface area contributed by atoms with E-state index in [1.165, 1.54) is 6.07 Å². The van der Waals surface area contributed by atoms with Crippen LogP contribution in [-0.2, 0) is 4.79 Å². The van der Waals surface area contributed by atoms with E-state index in [0.29, 0.717) is 17.1 Å². The van der Waals surface area contributed by atoms with Crippen molar-refractivity contribution in [3.63, 3.8) is 0 Å². The number of hydrogen-bond donors (Lipinski definition) is 2. The molecule has 0 aliphatic carbocycles. The van der Waals surface area contributed by atoms with Crippen LogP contribution in [0.1, 0.15) is 22.3 Å². The van der Waals surface area contributed by atoms with Crippen LogP contribution in [0.25, 0.3) is 0 Å². The Morgan fingerprint density at radius 1 is 1.19 bits per heavy atom. The molecule has 0 radical (unpaired) electrons. The van der Waals surface area contributed by atoms with Crippen molar-refractivity contribution in [1.29, 1.82) is 0 Å². The Hall–Kier alpha value is -1.21. The molecule has 1 unspecified atom stereocenters. The second kappa shape index (κ2) is 10.4. The van der Waals surface area contributed by atoms with Gasteiger partial charge in [-0.2, -0.15) is 11.8 Å². The van der Waals surface area contributed by atoms with E-state index in [0.717, 1.165) is 15.8 Å². The lowest BCUT2D eigenvalue weighted by Crippen LogP contribution is -2.44. The van der Waals surface area contributed by atoms with Crippen molar-refractivity contribution in [3.8, 4) is 0 Å². The van der Waals surface area contributed by atoms with Crippen molar-refractivity contribution in [2.45, 2.75) is 19.4 Å². The summed E-state index contributed by atoms with van der Waals surface area (Å²) in [6.45, 7) is 1.94. The normalized spacial score (nSPS) is 11.7. The summed E-state index contributed by atoms with van der Waals surface area (Å²) in [7, 11) is 0. The zero-order chi connectivity index (χ0) is 20.0. The molecule has 0 bridgehead atoms. The Labute approximate surface area is 181 Å². The third kappa shape index (κ3) is 6.42. The molecule has 0 aromatic heterocycles. The van der Waals surface area contributed by atoms with Crippen molar-refractivity contribution < 1.29 is 9.59 Å². The molecular formula is C19H19BrCl2N2O2S. The highest BCUT2D eigenvalue weighted by Gasteiger charge is 2.22. The summed E-state index contributed by atoms with van der Waals surface area (Å²) in [6, 6.07) is 9.49. The summed E-state index contributed by atoms with van der Waals surface area (Å²) in [4.78, 5) is 25.3. The number of nitrogens with one attached hydrogen (secondary N) is 2. The van der Waals surface area contributed by atoms with E-state index in [9.17, 15) is 9.59 Å². The number of rotatable bonds is 7. The highest BCUT2D eigenvalue weighted by Crippen LogP contribution is 2.22. The smallest absolute Gasteiger partial charge is 0.253 e. The van der Waals surface area contributed by atoms with Gasteiger partial charge in [-0.15, -0.1) is 0 Å². The minimum atomic E-state index is -0.680. The van der Waals surface area contributed by atoms with Gasteiger partial charge in [0.1, 0.15) is 6.04 Å². The molecule has 144 valence electrons. The Kier molecular flexibility index (Phi) is 8.48. The summed E-state index contributed by atoms with van der Waals surface area (Å²) < 4.78 is 0.963. The van der Waals surface area contributed by atoms with Gasteiger partial charge in [0.25, 0.3) is 5.91 Å². The highest BCUT2D eigenvalue weighted by atomic mass is 79.9. The third-order valence-corrected chi connectivity index (χ3v) is 5.92. The van der Waals surface area contributed by atoms with E-state index >= 15 is 0 Å². The number of halogens is 3. The molecule has 0 saturated carbocycles. The number of carbonyl (C=O) groups excluding carboxylic acids is 2. The molecule has 0 fully saturated rings. The molecule has 0 heterocycles. The van der Waals surface area contributed by atoms with Crippen molar-refractivity contribution in [2.75, 3.05) is 17.3 Å². The quantitative estimate of drug-likeness (QED) is 0.535. The van der Waals surface area contributed by atoms with Crippen LogP contribution in [0.2, 0.25) is 10.0 Å². The summed E-state index contributed by atoms with van der Waals surface area (Å²) in [6.07, 6.45) is 2.45. The zero-order valence-electron chi connectivity index (χ0n) is 14.8. The van der Waals surface area contributed by atoms with Crippen LogP contribution < -0.4 is 10.6 Å². The van der Waals surface area contributed by atoms with Gasteiger partial charge >= 0.3 is 0 Å². The molecule has 27 heavy (non-hydrogen) atoms. The Morgan fingerprint density at radius 3 is 2.56 bits per heavy atom. The van der Waals surface area contributed by atoms with Crippen LogP contribution in [0, 0.1) is 6.92 Å². The van der Waals surface area contributed by atoms with E-state index in [1.54, 1.807) is 30.0 Å². The van der Waals surface area contributed by atoms with Gasteiger partial charge in [-0.05, 0) is 67.3 Å². The Morgan fingerprint density at radius 2 is 1.93 bits per heavy atom. The number of aryl methyl sites for hydroxylation is 1. The molecular weight excluding hydrogens is 471 g/mol. The number of anilines is 1. The molecule has 8 heteroatoms. The maximum absolute atomic E-state index is 12.7. The van der Waals surface area contributed by atoms with Crippen LogP contribution in [0.4, 0.5) is 5.69 Å². The minimum Gasteiger partial charge on any atom is -0.340 e. The lowest BCUT2D eigenvalue weighted by molar-refractivity contribution is -0.118. The van der Waals surface area contributed by atoms with Crippen LogP contribution in [0.3, 0.4) is 0 Å². The fraction of sp³-hybridized carbons (Fsp3) is 0.263. The molecule has 0 aliphatic heterocycles. The third-order valence-electron chi connectivity index (χ3n) is 3.83. The average molecular weight is 490 g/mol. The minimum absolute atomic E-state index is 0.243. The van der Waals surface area contributed by atoms with E-state index < -0.39 is 11.9 Å². The van der Waals surface area contributed by atoms with Gasteiger partial charge in [-0.1, -0.05) is 39.1 Å². The molecule has 2 amide bonds. The lowest BCUT2D eigenvalue weighted by Gasteiger charge is -2.19. The topological polar surface area (TPSA) is 58.2 Å². The van der Waals surface area contributed by atoms with Crippen molar-refractivity contribution in [2.24, 2.45) is 0 Å². The second-order valence-corrected chi connectivity index (χ2v) is 8.57. The predicted octanol–water partition coefficient (Wildman–Crippen LogP) is 5.55. The maximum Gasteiger partial charge on any atom is 0.253 e. The number of hydrogen-bond acceptors (Lipinski definition) is 3. The van der Waals surface area contributed by atoms with Gasteiger partial charge in [-0.25, -0.2) is 0 Å². The summed E-state index contributed by atoms with van der Waals surface area (Å²) >= 11 is 17.0. The van der Waals surface area contributed by atoms with Gasteiger partial charge in [0.15, 0.2) is 0 Å². The molecule has 2 aromatic rings. The van der Waals surface area contributed by atoms with E-state index in [2.05, 4.69) is 26.6 Å². The van der Waals surface area contributed by atoms with Gasteiger partial charge in [0.2, 0.25) is 5.91 Å². The van der Waals surface area contributed by atoms with Gasteiger partial charge in [0, 0.05) is 15.2 Å². The van der Waals surface area contributed by atoms with Crippen LogP contribution in [0.5, 0.6) is 0 Å². The van der Waals surface area contributed by atoms with Crippen molar-refractivity contribution >= 4 is 68.4 Å². The predicted molar refractivity (Wildman–Crippen MR) is 118 cm³/mol. The van der Waals surface area contributed by atoms with Crippen LogP contribution in [0.15, 0.2) is 40.9 Å². The van der Waals surface area contributed by atoms with Gasteiger partial charge in [0.05, 0.1) is 10.6 Å². The van der Waals surface area contributed by atoms with E-state index in [1.807, 2.05) is 25.3 Å². The molecule has 2 aromatic carbocycles. The van der Waals surface area contributed by atoms with Crippen molar-refractivity contribution in [3.05, 3.63) is 62.0 Å². The zero-order valence-corrected chi connectivity index (χ0v) is 18.7. The summed E-state index contributed by atoms with van der Waals surface area (Å²) in [5, 5.41) is 6.32. The Balaban J connectivity index is 2.14. The largest absolute Gasteiger partial charge is 0.340 e. The second-order valence-electron chi connectivity index (χ2n) is 5.88. The lowest BCUT2D eigenvalue weighted by atomic mass is 10.1. The number of benzene rings is 2. The van der Waals surface area contributed by atoms with Crippen molar-refractivity contribution in [1.82, 2.24) is 5.32 Å². The molecule has 0 spiro atoms. The molecule has 2 N–H and O–H groups in total. The number of amides is 2. The number of carbonyl (C=O) groups is 2. The monoisotopic (exact) mass is 488 g/mol. The standard InChI is InChI=1S/C19H19BrCl2N2O2S/c1-11-9-13(4-6-15(11)20)23-19(26)17(7-8-27-2)24-18(25)14-5-3-12(21)10-16(14)22/h3-6,9-10,17H,7-8H2,1-2H3,(H,23,26)(H,24,25). The molecule has 0 aliphatic rings. The summed E-state index contributed by atoms with van der Waals surface area (Å²) in [5.41, 5.74) is 1.96. The molecule has 1 atom stereocenters. The summed E-state index contributed by atoms with van der Waals surface area (Å²) in [5.74, 6) is 0.0423. The molecule has 4 nitrogen and oxygen atoms in total. The Bertz CT molecular complexity index is 848. The molecule has 2 rings (SSSR count). The fourth-order valence-electron chi connectivity index (χ4n) is 2.37. The van der Waals surface area contributed by atoms with E-state index in [-0.39, 0.29) is 16.5 Å². The van der Waals surface area contributed by atoms with Gasteiger partial charge in [-0.3, -0.25) is 9.59 Å². The first kappa shape index (κ1) is 22.1. The highest BCUT2D eigenvalue weighted by molar-refractivity contribution is 9.10. The average Bonchev–Trinajstić information content (AvgIpc) is 2.61. The first-order valence-corrected chi connectivity index (χ1v) is 11.1. The van der Waals surface area contributed by atoms with E-state index in [4.69, 9.17) is 23.2 Å². The van der Waals surface area contributed by atoms with Crippen LogP contribution in [-0.4, -0.2) is 29.9 Å². The SMILES string of the molecule is CSCCC(NC(=O)c1ccc(Cl)cc1Cl)C(=O)Nc1ccc(Br)c(C)c1.